The topological polar surface area (TPSA) is 155 Å². The van der Waals surface area contributed by atoms with Crippen molar-refractivity contribution in [3.8, 4) is 11.3 Å². The Morgan fingerprint density at radius 1 is 1.15 bits per heavy atom. The predicted octanol–water partition coefficient (Wildman–Crippen LogP) is 3.19. The van der Waals surface area contributed by atoms with Crippen LogP contribution in [-0.2, 0) is 14.8 Å². The summed E-state index contributed by atoms with van der Waals surface area (Å²) in [6.45, 7) is 5.32. The third kappa shape index (κ3) is 5.12. The molecule has 0 radical (unpaired) electrons. The van der Waals surface area contributed by atoms with Gasteiger partial charge in [-0.05, 0) is 43.7 Å². The van der Waals surface area contributed by atoms with Crippen LogP contribution in [0.2, 0.25) is 0 Å². The molecule has 176 valence electrons. The Labute approximate surface area is 196 Å². The minimum atomic E-state index is -3.98. The highest BCUT2D eigenvalue weighted by Crippen LogP contribution is 2.27. The second kappa shape index (κ2) is 9.43. The fourth-order valence-electron chi connectivity index (χ4n) is 3.19. The highest BCUT2D eigenvalue weighted by Gasteiger charge is 2.17. The fraction of sp³-hybridized carbons (Fsp3) is 0.227. The molecule has 0 saturated carbocycles. The standard InChI is InChI=1S/C22H24N8O3S/c1-4-13(2)26-18-9-8-15(11-23-18)19-20-21(25-12-24-20)29-22(28-19)27-16-6-5-7-17(10-16)34(32,33)30-14(3)31/h5-13H,4H2,1-3H3,(H,23,26)(H,30,31)(H2,24,25,27,28,29). The monoisotopic (exact) mass is 480 g/mol. The molecule has 1 aromatic carbocycles. The third-order valence-corrected chi connectivity index (χ3v) is 6.43. The molecular formula is C22H24N8O3S. The van der Waals surface area contributed by atoms with Crippen molar-refractivity contribution in [1.82, 2.24) is 29.6 Å². The number of carbonyl (C=O) groups is 1. The zero-order valence-electron chi connectivity index (χ0n) is 18.8. The highest BCUT2D eigenvalue weighted by molar-refractivity contribution is 7.90. The molecule has 12 heteroatoms. The van der Waals surface area contributed by atoms with Gasteiger partial charge in [0.1, 0.15) is 17.0 Å². The van der Waals surface area contributed by atoms with Crippen molar-refractivity contribution < 1.29 is 13.2 Å². The van der Waals surface area contributed by atoms with E-state index in [4.69, 9.17) is 0 Å². The number of carbonyl (C=O) groups excluding carboxylic acids is 1. The lowest BCUT2D eigenvalue weighted by atomic mass is 10.2. The van der Waals surface area contributed by atoms with E-state index in [2.05, 4.69) is 49.4 Å². The molecule has 0 aliphatic carbocycles. The van der Waals surface area contributed by atoms with Crippen LogP contribution < -0.4 is 15.4 Å². The smallest absolute Gasteiger partial charge is 0.264 e. The van der Waals surface area contributed by atoms with Gasteiger partial charge in [-0.15, -0.1) is 0 Å². The van der Waals surface area contributed by atoms with Crippen molar-refractivity contribution in [1.29, 1.82) is 0 Å². The number of nitrogens with zero attached hydrogens (tertiary/aromatic N) is 4. The first-order chi connectivity index (χ1) is 16.2. The van der Waals surface area contributed by atoms with Crippen LogP contribution in [0.5, 0.6) is 0 Å². The Morgan fingerprint density at radius 3 is 2.68 bits per heavy atom. The summed E-state index contributed by atoms with van der Waals surface area (Å²) in [5.41, 5.74) is 2.84. The largest absolute Gasteiger partial charge is 0.368 e. The molecule has 0 aliphatic rings. The molecule has 0 saturated heterocycles. The van der Waals surface area contributed by atoms with Crippen LogP contribution in [0.1, 0.15) is 27.2 Å². The van der Waals surface area contributed by atoms with Crippen molar-refractivity contribution in [2.24, 2.45) is 0 Å². The normalized spacial score (nSPS) is 12.3. The van der Waals surface area contributed by atoms with E-state index < -0.39 is 15.9 Å². The van der Waals surface area contributed by atoms with Crippen molar-refractivity contribution in [2.45, 2.75) is 38.1 Å². The molecule has 1 amide bonds. The molecule has 34 heavy (non-hydrogen) atoms. The van der Waals surface area contributed by atoms with E-state index in [1.807, 2.05) is 16.9 Å². The first kappa shape index (κ1) is 23.1. The van der Waals surface area contributed by atoms with E-state index in [0.29, 0.717) is 28.6 Å². The van der Waals surface area contributed by atoms with Gasteiger partial charge in [-0.2, -0.15) is 4.98 Å². The second-order valence-electron chi connectivity index (χ2n) is 7.70. The molecule has 0 aliphatic heterocycles. The van der Waals surface area contributed by atoms with Gasteiger partial charge in [0.15, 0.2) is 5.65 Å². The van der Waals surface area contributed by atoms with Gasteiger partial charge < -0.3 is 15.6 Å². The van der Waals surface area contributed by atoms with Crippen LogP contribution in [0.3, 0.4) is 0 Å². The molecule has 3 aromatic heterocycles. The SMILES string of the molecule is CCC(C)Nc1ccc(-c2nc(Nc3cccc(S(=O)(=O)NC(C)=O)c3)nc3[nH]cnc23)cn1. The molecule has 4 N–H and O–H groups in total. The van der Waals surface area contributed by atoms with Crippen molar-refractivity contribution in [3.63, 3.8) is 0 Å². The molecule has 0 spiro atoms. The average Bonchev–Trinajstić information content (AvgIpc) is 3.27. The van der Waals surface area contributed by atoms with Crippen LogP contribution in [0.4, 0.5) is 17.5 Å². The zero-order chi connectivity index (χ0) is 24.3. The first-order valence-electron chi connectivity index (χ1n) is 10.6. The zero-order valence-corrected chi connectivity index (χ0v) is 19.6. The number of amides is 1. The summed E-state index contributed by atoms with van der Waals surface area (Å²) in [4.78, 5) is 32.0. The van der Waals surface area contributed by atoms with Crippen LogP contribution in [0.15, 0.2) is 53.8 Å². The van der Waals surface area contributed by atoms with E-state index in [-0.39, 0.29) is 10.8 Å². The summed E-state index contributed by atoms with van der Waals surface area (Å²) < 4.78 is 26.6. The number of fused-ring (bicyclic) bond motifs is 1. The number of imidazole rings is 1. The van der Waals surface area contributed by atoms with Crippen LogP contribution >= 0.6 is 0 Å². The summed E-state index contributed by atoms with van der Waals surface area (Å²) in [7, 11) is -3.98. The van der Waals surface area contributed by atoms with E-state index in [9.17, 15) is 13.2 Å². The fourth-order valence-corrected chi connectivity index (χ4v) is 4.22. The lowest BCUT2D eigenvalue weighted by Gasteiger charge is -2.12. The Hall–Kier alpha value is -4.06. The molecule has 0 fully saturated rings. The number of pyridine rings is 1. The minimum Gasteiger partial charge on any atom is -0.368 e. The molecule has 3 heterocycles. The maximum Gasteiger partial charge on any atom is 0.264 e. The first-order valence-corrected chi connectivity index (χ1v) is 12.1. The number of benzene rings is 1. The number of hydrogen-bond donors (Lipinski definition) is 4. The van der Waals surface area contributed by atoms with Gasteiger partial charge >= 0.3 is 0 Å². The number of aromatic amines is 1. The van der Waals surface area contributed by atoms with Crippen LogP contribution in [0, 0.1) is 0 Å². The number of anilines is 3. The third-order valence-electron chi connectivity index (χ3n) is 5.00. The summed E-state index contributed by atoms with van der Waals surface area (Å²) in [6, 6.07) is 10.1. The van der Waals surface area contributed by atoms with E-state index >= 15 is 0 Å². The lowest BCUT2D eigenvalue weighted by molar-refractivity contribution is -0.117. The predicted molar refractivity (Wildman–Crippen MR) is 129 cm³/mol. The van der Waals surface area contributed by atoms with E-state index in [0.717, 1.165) is 24.7 Å². The van der Waals surface area contributed by atoms with E-state index in [1.54, 1.807) is 18.3 Å². The van der Waals surface area contributed by atoms with Crippen molar-refractivity contribution in [3.05, 3.63) is 48.9 Å². The van der Waals surface area contributed by atoms with Crippen molar-refractivity contribution in [2.75, 3.05) is 10.6 Å². The maximum atomic E-state index is 12.3. The van der Waals surface area contributed by atoms with Gasteiger partial charge in [-0.3, -0.25) is 4.79 Å². The number of hydrogen-bond acceptors (Lipinski definition) is 9. The van der Waals surface area contributed by atoms with Gasteiger partial charge in [0, 0.05) is 30.4 Å². The summed E-state index contributed by atoms with van der Waals surface area (Å²) in [5, 5.41) is 6.35. The second-order valence-corrected chi connectivity index (χ2v) is 9.38. The molecule has 4 rings (SSSR count). The number of nitrogens with one attached hydrogen (secondary N) is 4. The van der Waals surface area contributed by atoms with Gasteiger partial charge in [0.25, 0.3) is 10.0 Å². The maximum absolute atomic E-state index is 12.3. The Balaban J connectivity index is 1.66. The molecule has 0 bridgehead atoms. The summed E-state index contributed by atoms with van der Waals surface area (Å²) in [5.74, 6) is 0.332. The molecule has 1 unspecified atom stereocenters. The molecular weight excluding hydrogens is 456 g/mol. The quantitative estimate of drug-likeness (QED) is 0.297. The summed E-state index contributed by atoms with van der Waals surface area (Å²) in [6.07, 6.45) is 4.22. The van der Waals surface area contributed by atoms with Gasteiger partial charge in [0.2, 0.25) is 11.9 Å². The van der Waals surface area contributed by atoms with Gasteiger partial charge in [0.05, 0.1) is 11.2 Å². The summed E-state index contributed by atoms with van der Waals surface area (Å²) >= 11 is 0. The molecule has 11 nitrogen and oxygen atoms in total. The Kier molecular flexibility index (Phi) is 6.41. The average molecular weight is 481 g/mol. The molecule has 1 atom stereocenters. The molecule has 4 aromatic rings. The number of sulfonamides is 1. The van der Waals surface area contributed by atoms with Gasteiger partial charge in [-0.25, -0.2) is 28.1 Å². The number of aromatic nitrogens is 5. The van der Waals surface area contributed by atoms with E-state index in [1.165, 1.54) is 18.5 Å². The number of H-pyrrole nitrogens is 1. The van der Waals surface area contributed by atoms with Gasteiger partial charge in [-0.1, -0.05) is 13.0 Å². The van der Waals surface area contributed by atoms with Crippen LogP contribution in [-0.4, -0.2) is 45.3 Å². The van der Waals surface area contributed by atoms with Crippen molar-refractivity contribution >= 4 is 44.5 Å². The van der Waals surface area contributed by atoms with Crippen LogP contribution in [0.25, 0.3) is 22.4 Å². The Bertz CT molecular complexity index is 1430. The number of rotatable bonds is 8. The highest BCUT2D eigenvalue weighted by atomic mass is 32.2. The lowest BCUT2D eigenvalue weighted by Crippen LogP contribution is -2.28. The minimum absolute atomic E-state index is 0.0656. The Morgan fingerprint density at radius 2 is 1.97 bits per heavy atom.